The van der Waals surface area contributed by atoms with E-state index >= 15 is 0 Å². The van der Waals surface area contributed by atoms with Gasteiger partial charge in [0.25, 0.3) is 0 Å². The van der Waals surface area contributed by atoms with Gasteiger partial charge in [-0.05, 0) is 43.4 Å². The van der Waals surface area contributed by atoms with Crippen LogP contribution in [0.3, 0.4) is 0 Å². The van der Waals surface area contributed by atoms with Gasteiger partial charge >= 0.3 is 0 Å². The molecule has 1 aliphatic heterocycles. The first kappa shape index (κ1) is 13.6. The molecule has 0 bridgehead atoms. The number of aliphatic hydroxyl groups excluding tert-OH is 1. The highest BCUT2D eigenvalue weighted by Crippen LogP contribution is 2.31. The molecule has 18 heavy (non-hydrogen) atoms. The molecule has 0 saturated carbocycles. The summed E-state index contributed by atoms with van der Waals surface area (Å²) in [6.07, 6.45) is 0.857. The Morgan fingerprint density at radius 1 is 1.33 bits per heavy atom. The Labute approximate surface area is 111 Å². The third-order valence-electron chi connectivity index (χ3n) is 4.30. The Hall–Kier alpha value is -0.860. The van der Waals surface area contributed by atoms with E-state index < -0.39 is 0 Å². The van der Waals surface area contributed by atoms with Crippen LogP contribution in [0.2, 0.25) is 0 Å². The van der Waals surface area contributed by atoms with Crippen LogP contribution in [0.15, 0.2) is 18.2 Å². The summed E-state index contributed by atoms with van der Waals surface area (Å²) in [6, 6.07) is 6.63. The van der Waals surface area contributed by atoms with E-state index in [4.69, 9.17) is 0 Å². The Balaban J connectivity index is 2.03. The van der Waals surface area contributed by atoms with Crippen molar-refractivity contribution in [1.82, 2.24) is 4.90 Å². The zero-order chi connectivity index (χ0) is 13.3. The average Bonchev–Trinajstić information content (AvgIpc) is 2.28. The minimum Gasteiger partial charge on any atom is -0.391 e. The maximum atomic E-state index is 10.2. The summed E-state index contributed by atoms with van der Waals surface area (Å²) in [6.45, 7) is 11.5. The molecule has 2 rings (SSSR count). The van der Waals surface area contributed by atoms with Gasteiger partial charge in [-0.3, -0.25) is 4.90 Å². The molecule has 0 radical (unpaired) electrons. The summed E-state index contributed by atoms with van der Waals surface area (Å²) in [7, 11) is 0. The van der Waals surface area contributed by atoms with Crippen molar-refractivity contribution in [2.75, 3.05) is 13.1 Å². The molecule has 1 aromatic rings. The first-order valence-corrected chi connectivity index (χ1v) is 6.85. The summed E-state index contributed by atoms with van der Waals surface area (Å²) in [5.41, 5.74) is 4.12. The fourth-order valence-electron chi connectivity index (χ4n) is 2.60. The predicted molar refractivity (Wildman–Crippen MR) is 75.6 cm³/mol. The summed E-state index contributed by atoms with van der Waals surface area (Å²) in [4.78, 5) is 2.37. The second kappa shape index (κ2) is 5.02. The van der Waals surface area contributed by atoms with Crippen LogP contribution in [0.1, 0.15) is 37.0 Å². The minimum atomic E-state index is -0.211. The van der Waals surface area contributed by atoms with Crippen LogP contribution in [-0.2, 0) is 6.54 Å². The van der Waals surface area contributed by atoms with Gasteiger partial charge in [0.2, 0.25) is 0 Å². The SMILES string of the molecule is Cc1ccc(CN2CCC(C)(C)C(O)C2)c(C)c1. The lowest BCUT2D eigenvalue weighted by Crippen LogP contribution is -2.47. The van der Waals surface area contributed by atoms with Crippen molar-refractivity contribution >= 4 is 0 Å². The Morgan fingerprint density at radius 3 is 2.67 bits per heavy atom. The number of nitrogens with zero attached hydrogens (tertiary/aromatic N) is 1. The van der Waals surface area contributed by atoms with E-state index in [-0.39, 0.29) is 11.5 Å². The zero-order valence-corrected chi connectivity index (χ0v) is 12.0. The average molecular weight is 247 g/mol. The molecule has 1 N–H and O–H groups in total. The van der Waals surface area contributed by atoms with E-state index in [0.717, 1.165) is 26.1 Å². The highest BCUT2D eigenvalue weighted by Gasteiger charge is 2.33. The van der Waals surface area contributed by atoms with Gasteiger partial charge in [-0.2, -0.15) is 0 Å². The van der Waals surface area contributed by atoms with Gasteiger partial charge in [-0.1, -0.05) is 37.6 Å². The lowest BCUT2D eigenvalue weighted by atomic mass is 9.80. The van der Waals surface area contributed by atoms with Crippen LogP contribution >= 0.6 is 0 Å². The highest BCUT2D eigenvalue weighted by molar-refractivity contribution is 5.30. The maximum absolute atomic E-state index is 10.2. The van der Waals surface area contributed by atoms with Gasteiger partial charge in [0.1, 0.15) is 0 Å². The van der Waals surface area contributed by atoms with Crippen LogP contribution in [0.4, 0.5) is 0 Å². The molecule has 1 aromatic carbocycles. The molecule has 100 valence electrons. The van der Waals surface area contributed by atoms with E-state index in [1.54, 1.807) is 0 Å². The molecule has 1 saturated heterocycles. The highest BCUT2D eigenvalue weighted by atomic mass is 16.3. The number of hydrogen-bond acceptors (Lipinski definition) is 2. The molecular formula is C16H25NO. The number of rotatable bonds is 2. The predicted octanol–water partition coefficient (Wildman–Crippen LogP) is 2.90. The molecule has 0 aliphatic carbocycles. The van der Waals surface area contributed by atoms with E-state index in [2.05, 4.69) is 50.8 Å². The van der Waals surface area contributed by atoms with Crippen LogP contribution < -0.4 is 0 Å². The topological polar surface area (TPSA) is 23.5 Å². The fourth-order valence-corrected chi connectivity index (χ4v) is 2.60. The molecule has 2 heteroatoms. The molecule has 0 spiro atoms. The van der Waals surface area contributed by atoms with Crippen molar-refractivity contribution in [2.24, 2.45) is 5.41 Å². The Kier molecular flexibility index (Phi) is 3.79. The molecule has 1 fully saturated rings. The number of likely N-dealkylation sites (tertiary alicyclic amines) is 1. The van der Waals surface area contributed by atoms with Gasteiger partial charge in [0.05, 0.1) is 6.10 Å². The maximum Gasteiger partial charge on any atom is 0.0718 e. The third kappa shape index (κ3) is 2.93. The molecule has 1 heterocycles. The Bertz CT molecular complexity index is 425. The van der Waals surface area contributed by atoms with Crippen molar-refractivity contribution in [1.29, 1.82) is 0 Å². The molecule has 0 amide bonds. The largest absolute Gasteiger partial charge is 0.391 e. The summed E-state index contributed by atoms with van der Waals surface area (Å²) in [5.74, 6) is 0. The van der Waals surface area contributed by atoms with Gasteiger partial charge < -0.3 is 5.11 Å². The molecular weight excluding hydrogens is 222 g/mol. The van der Waals surface area contributed by atoms with Gasteiger partial charge in [0, 0.05) is 13.1 Å². The second-order valence-corrected chi connectivity index (χ2v) is 6.42. The summed E-state index contributed by atoms with van der Waals surface area (Å²) >= 11 is 0. The number of benzene rings is 1. The molecule has 0 aromatic heterocycles. The van der Waals surface area contributed by atoms with Crippen molar-refractivity contribution in [2.45, 2.75) is 46.8 Å². The zero-order valence-electron chi connectivity index (χ0n) is 12.0. The lowest BCUT2D eigenvalue weighted by Gasteiger charge is -2.41. The van der Waals surface area contributed by atoms with Crippen LogP contribution in [0, 0.1) is 19.3 Å². The lowest BCUT2D eigenvalue weighted by molar-refractivity contribution is -0.0278. The van der Waals surface area contributed by atoms with Crippen LogP contribution in [0.25, 0.3) is 0 Å². The van der Waals surface area contributed by atoms with Crippen LogP contribution in [0.5, 0.6) is 0 Å². The van der Waals surface area contributed by atoms with Gasteiger partial charge in [-0.15, -0.1) is 0 Å². The van der Waals surface area contributed by atoms with Crippen molar-refractivity contribution in [3.05, 3.63) is 34.9 Å². The first-order valence-electron chi connectivity index (χ1n) is 6.85. The first-order chi connectivity index (χ1) is 8.38. The molecule has 1 unspecified atom stereocenters. The van der Waals surface area contributed by atoms with E-state index in [1.807, 2.05) is 0 Å². The van der Waals surface area contributed by atoms with Crippen molar-refractivity contribution in [3.63, 3.8) is 0 Å². The standard InChI is InChI=1S/C16H25NO/c1-12-5-6-14(13(2)9-12)10-17-8-7-16(3,4)15(18)11-17/h5-6,9,15,18H,7-8,10-11H2,1-4H3. The molecule has 1 aliphatic rings. The summed E-state index contributed by atoms with van der Waals surface area (Å²) < 4.78 is 0. The summed E-state index contributed by atoms with van der Waals surface area (Å²) in [5, 5.41) is 10.2. The molecule has 1 atom stereocenters. The Morgan fingerprint density at radius 2 is 2.06 bits per heavy atom. The van der Waals surface area contributed by atoms with Gasteiger partial charge in [0.15, 0.2) is 0 Å². The van der Waals surface area contributed by atoms with Gasteiger partial charge in [-0.25, -0.2) is 0 Å². The monoisotopic (exact) mass is 247 g/mol. The number of hydrogen-bond donors (Lipinski definition) is 1. The minimum absolute atomic E-state index is 0.0683. The fraction of sp³-hybridized carbons (Fsp3) is 0.625. The van der Waals surface area contributed by atoms with Crippen molar-refractivity contribution in [3.8, 4) is 0 Å². The van der Waals surface area contributed by atoms with E-state index in [0.29, 0.717) is 0 Å². The van der Waals surface area contributed by atoms with Crippen molar-refractivity contribution < 1.29 is 5.11 Å². The third-order valence-corrected chi connectivity index (χ3v) is 4.30. The number of aliphatic hydroxyl groups is 1. The number of aryl methyl sites for hydroxylation is 2. The van der Waals surface area contributed by atoms with Crippen LogP contribution in [-0.4, -0.2) is 29.2 Å². The molecule has 2 nitrogen and oxygen atoms in total. The van der Waals surface area contributed by atoms with E-state index in [9.17, 15) is 5.11 Å². The normalized spacial score (nSPS) is 24.2. The quantitative estimate of drug-likeness (QED) is 0.868. The number of piperidine rings is 1. The number of β-amino-alcohol motifs (C(OH)–C–C–N with tert-alkyl or cyclic N) is 1. The second-order valence-electron chi connectivity index (χ2n) is 6.42. The van der Waals surface area contributed by atoms with E-state index in [1.165, 1.54) is 16.7 Å². The smallest absolute Gasteiger partial charge is 0.0718 e.